The molecule has 9 nitrogen and oxygen atoms in total. The molecule has 2 aliphatic heterocycles. The molecule has 0 unspecified atom stereocenters. The summed E-state index contributed by atoms with van der Waals surface area (Å²) in [7, 11) is 0. The molecular weight excluding hydrogens is 660 g/mol. The fraction of sp³-hybridized carbons (Fsp3) is 0.345. The maximum Gasteiger partial charge on any atom is 0.276 e. The first kappa shape index (κ1) is 32.2. The van der Waals surface area contributed by atoms with Gasteiger partial charge in [0.05, 0.1) is 32.5 Å². The molecule has 234 valence electrons. The predicted molar refractivity (Wildman–Crippen MR) is 170 cm³/mol. The van der Waals surface area contributed by atoms with E-state index < -0.39 is 11.6 Å². The number of fused-ring (bicyclic) bond motifs is 2. The molecule has 0 saturated carbocycles. The van der Waals surface area contributed by atoms with Gasteiger partial charge in [0.2, 0.25) is 5.91 Å². The average molecular weight is 688 g/mol. The largest absolute Gasteiger partial charge is 0.398 e. The van der Waals surface area contributed by atoms with Gasteiger partial charge < -0.3 is 11.1 Å². The Kier molecular flexibility index (Phi) is 9.50. The van der Waals surface area contributed by atoms with E-state index in [4.69, 9.17) is 52.1 Å². The number of hydrogen-bond acceptors (Lipinski definition) is 4. The summed E-state index contributed by atoms with van der Waals surface area (Å²) < 4.78 is 35.0. The molecule has 1 amide bonds. The standard InChI is InChI=1S/C16H16Cl2FN3O2.C13H12Cl2FN3O/c1-2-13(23)20-12-7-9(11(19)8-10(12)17)14-15(18)21-5-3-4-6-22(21)16(14)24;14-8-6-9(16)7(5-10(8)17)11-12(15)18-3-1-2-4-19(18)13(11)20/h7-8H,2-6H2,1H3,(H,20,23);5-6H,1-4,17H2. The van der Waals surface area contributed by atoms with E-state index in [1.165, 1.54) is 16.8 Å². The molecule has 0 bridgehead atoms. The number of anilines is 2. The summed E-state index contributed by atoms with van der Waals surface area (Å²) in [5.74, 6) is -1.52. The highest BCUT2D eigenvalue weighted by Gasteiger charge is 2.26. The van der Waals surface area contributed by atoms with Crippen LogP contribution in [0, 0.1) is 11.6 Å². The number of halogens is 6. The van der Waals surface area contributed by atoms with Crippen molar-refractivity contribution in [3.63, 3.8) is 0 Å². The lowest BCUT2D eigenvalue weighted by molar-refractivity contribution is -0.115. The van der Waals surface area contributed by atoms with Crippen LogP contribution in [0.5, 0.6) is 0 Å². The first-order valence-electron chi connectivity index (χ1n) is 14.0. The molecule has 2 aromatic carbocycles. The van der Waals surface area contributed by atoms with E-state index >= 15 is 0 Å². The molecule has 2 aliphatic rings. The Labute approximate surface area is 270 Å². The van der Waals surface area contributed by atoms with Crippen molar-refractivity contribution in [1.82, 2.24) is 18.7 Å². The minimum absolute atomic E-state index is 0.0372. The Morgan fingerprint density at radius 2 is 1.18 bits per heavy atom. The van der Waals surface area contributed by atoms with Gasteiger partial charge in [0.1, 0.15) is 21.9 Å². The van der Waals surface area contributed by atoms with Gasteiger partial charge in [-0.15, -0.1) is 0 Å². The van der Waals surface area contributed by atoms with Gasteiger partial charge in [-0.2, -0.15) is 0 Å². The number of carbonyl (C=O) groups excluding carboxylic acids is 1. The maximum atomic E-state index is 14.4. The lowest BCUT2D eigenvalue weighted by Gasteiger charge is -2.17. The number of nitrogen functional groups attached to an aromatic ring is 1. The summed E-state index contributed by atoms with van der Waals surface area (Å²) in [6.45, 7) is 4.09. The summed E-state index contributed by atoms with van der Waals surface area (Å²) in [4.78, 5) is 36.6. The van der Waals surface area contributed by atoms with Crippen molar-refractivity contribution in [1.29, 1.82) is 0 Å². The van der Waals surface area contributed by atoms with E-state index in [2.05, 4.69) is 5.32 Å². The zero-order chi connectivity index (χ0) is 31.9. The second-order valence-electron chi connectivity index (χ2n) is 10.4. The van der Waals surface area contributed by atoms with Crippen LogP contribution in [0.2, 0.25) is 20.4 Å². The fourth-order valence-corrected chi connectivity index (χ4v) is 6.40. The lowest BCUT2D eigenvalue weighted by Crippen LogP contribution is -2.27. The van der Waals surface area contributed by atoms with Gasteiger partial charge in [0.15, 0.2) is 0 Å². The third-order valence-electron chi connectivity index (χ3n) is 7.60. The van der Waals surface area contributed by atoms with Gasteiger partial charge >= 0.3 is 0 Å². The summed E-state index contributed by atoms with van der Waals surface area (Å²) in [6.07, 6.45) is 3.89. The van der Waals surface area contributed by atoms with E-state index in [0.717, 1.165) is 37.8 Å². The molecule has 0 radical (unpaired) electrons. The lowest BCUT2D eigenvalue weighted by atomic mass is 10.1. The van der Waals surface area contributed by atoms with Gasteiger partial charge in [-0.3, -0.25) is 23.7 Å². The zero-order valence-electron chi connectivity index (χ0n) is 23.5. The van der Waals surface area contributed by atoms with Gasteiger partial charge in [-0.25, -0.2) is 18.1 Å². The Bertz CT molecular complexity index is 1900. The van der Waals surface area contributed by atoms with E-state index in [0.29, 0.717) is 26.2 Å². The predicted octanol–water partition coefficient (Wildman–Crippen LogP) is 7.04. The topological polar surface area (TPSA) is 109 Å². The second-order valence-corrected chi connectivity index (χ2v) is 11.9. The molecule has 0 fully saturated rings. The van der Waals surface area contributed by atoms with Crippen molar-refractivity contribution in [3.05, 3.63) is 77.0 Å². The van der Waals surface area contributed by atoms with Crippen LogP contribution >= 0.6 is 46.4 Å². The Balaban J connectivity index is 0.000000177. The van der Waals surface area contributed by atoms with Gasteiger partial charge in [-0.05, 0) is 49.9 Å². The third-order valence-corrected chi connectivity index (χ3v) is 9.01. The molecular formula is C29H28Cl4F2N6O3. The van der Waals surface area contributed by atoms with Crippen LogP contribution < -0.4 is 22.2 Å². The molecule has 0 spiro atoms. The second kappa shape index (κ2) is 13.0. The van der Waals surface area contributed by atoms with E-state index in [1.54, 1.807) is 21.0 Å². The van der Waals surface area contributed by atoms with Crippen LogP contribution in [0.3, 0.4) is 0 Å². The smallest absolute Gasteiger partial charge is 0.276 e. The van der Waals surface area contributed by atoms with Crippen molar-refractivity contribution in [2.24, 2.45) is 0 Å². The highest BCUT2D eigenvalue weighted by molar-refractivity contribution is 6.35. The highest BCUT2D eigenvalue weighted by atomic mass is 35.5. The SMILES string of the molecule is CCC(=O)Nc1cc(-c2c(Cl)n3n(c2=O)CCCC3)c(F)cc1Cl.Nc1cc(-c2c(Cl)n3n(c2=O)CCCC3)c(F)cc1Cl. The van der Waals surface area contributed by atoms with Crippen molar-refractivity contribution in [2.75, 3.05) is 11.1 Å². The molecule has 6 rings (SSSR count). The van der Waals surface area contributed by atoms with Crippen molar-refractivity contribution < 1.29 is 13.6 Å². The quantitative estimate of drug-likeness (QED) is 0.224. The minimum Gasteiger partial charge on any atom is -0.398 e. The summed E-state index contributed by atoms with van der Waals surface area (Å²) in [6, 6.07) is 4.90. The third kappa shape index (κ3) is 5.90. The number of aromatic nitrogens is 4. The number of amides is 1. The first-order chi connectivity index (χ1) is 20.9. The molecule has 0 atom stereocenters. The normalized spacial score (nSPS) is 14.0. The Hall–Kier alpha value is -3.25. The number of benzene rings is 2. The van der Waals surface area contributed by atoms with E-state index in [9.17, 15) is 23.2 Å². The number of nitrogens with two attached hydrogens (primary N) is 1. The van der Waals surface area contributed by atoms with E-state index in [1.807, 2.05) is 0 Å². The van der Waals surface area contributed by atoms with Crippen molar-refractivity contribution >= 4 is 63.7 Å². The minimum atomic E-state index is -0.656. The molecule has 0 aliphatic carbocycles. The highest BCUT2D eigenvalue weighted by Crippen LogP contribution is 2.35. The Morgan fingerprint density at radius 1 is 0.750 bits per heavy atom. The van der Waals surface area contributed by atoms with Crippen LogP contribution in [0.15, 0.2) is 33.9 Å². The van der Waals surface area contributed by atoms with Gasteiger partial charge in [-0.1, -0.05) is 53.3 Å². The number of hydrogen-bond donors (Lipinski definition) is 2. The maximum absolute atomic E-state index is 14.4. The summed E-state index contributed by atoms with van der Waals surface area (Å²) in [5, 5.41) is 3.23. The molecule has 44 heavy (non-hydrogen) atoms. The number of nitrogens with one attached hydrogen (secondary N) is 1. The van der Waals surface area contributed by atoms with Gasteiger partial charge in [0, 0.05) is 43.7 Å². The average Bonchev–Trinajstić information content (AvgIpc) is 3.41. The molecule has 4 aromatic rings. The zero-order valence-corrected chi connectivity index (χ0v) is 26.6. The number of nitrogens with zero attached hydrogens (tertiary/aromatic N) is 4. The molecule has 15 heteroatoms. The number of carbonyl (C=O) groups is 1. The fourth-order valence-electron chi connectivity index (χ4n) is 5.34. The Morgan fingerprint density at radius 3 is 1.64 bits per heavy atom. The van der Waals surface area contributed by atoms with Crippen LogP contribution in [0.25, 0.3) is 22.3 Å². The summed E-state index contributed by atoms with van der Waals surface area (Å²) in [5.41, 5.74) is 5.90. The van der Waals surface area contributed by atoms with Crippen molar-refractivity contribution in [2.45, 2.75) is 65.2 Å². The van der Waals surface area contributed by atoms with Crippen LogP contribution in [0.1, 0.15) is 39.0 Å². The first-order valence-corrected chi connectivity index (χ1v) is 15.5. The molecule has 4 heterocycles. The van der Waals surface area contributed by atoms with E-state index in [-0.39, 0.29) is 77.4 Å². The molecule has 3 N–H and O–H groups in total. The molecule has 0 saturated heterocycles. The summed E-state index contributed by atoms with van der Waals surface area (Å²) >= 11 is 24.3. The molecule has 2 aromatic heterocycles. The van der Waals surface area contributed by atoms with Crippen LogP contribution in [0.4, 0.5) is 20.2 Å². The van der Waals surface area contributed by atoms with Crippen LogP contribution in [-0.4, -0.2) is 24.6 Å². The van der Waals surface area contributed by atoms with Crippen LogP contribution in [-0.2, 0) is 31.0 Å². The number of rotatable bonds is 4. The monoisotopic (exact) mass is 686 g/mol. The van der Waals surface area contributed by atoms with Gasteiger partial charge in [0.25, 0.3) is 11.1 Å². The van der Waals surface area contributed by atoms with Crippen molar-refractivity contribution in [3.8, 4) is 22.3 Å².